The van der Waals surface area contributed by atoms with Gasteiger partial charge in [-0.25, -0.2) is 4.79 Å². The molecule has 1 saturated heterocycles. The first kappa shape index (κ1) is 29.1. The van der Waals surface area contributed by atoms with Gasteiger partial charge in [0.1, 0.15) is 18.1 Å². The van der Waals surface area contributed by atoms with E-state index >= 15 is 0 Å². The number of carbonyl (C=O) groups excluding carboxylic acids is 5. The highest BCUT2D eigenvalue weighted by Crippen LogP contribution is 2.20. The summed E-state index contributed by atoms with van der Waals surface area (Å²) in [6, 6.07) is -5.01. The summed E-state index contributed by atoms with van der Waals surface area (Å²) in [5.74, 6) is -5.52. The summed E-state index contributed by atoms with van der Waals surface area (Å²) in [4.78, 5) is 77.0. The lowest BCUT2D eigenvalue weighted by Gasteiger charge is -2.30. The van der Waals surface area contributed by atoms with E-state index in [9.17, 15) is 33.9 Å². The quantitative estimate of drug-likeness (QED) is 0.0640. The Hall–Kier alpha value is -3.95. The number of nitrogens with zero attached hydrogens (tertiary/aromatic N) is 2. The molecule has 0 saturated carbocycles. The van der Waals surface area contributed by atoms with E-state index in [-0.39, 0.29) is 38.3 Å². The van der Waals surface area contributed by atoms with Crippen LogP contribution in [0.1, 0.15) is 38.5 Å². The molecule has 16 heteroatoms. The van der Waals surface area contributed by atoms with Gasteiger partial charge in [0.05, 0.1) is 18.9 Å². The van der Waals surface area contributed by atoms with Gasteiger partial charge in [0.25, 0.3) is 0 Å². The van der Waals surface area contributed by atoms with Crippen LogP contribution in [0.4, 0.5) is 0 Å². The SMILES string of the molecule is NC(=O)CC(N)C(=O)NC(CCCN=C(N)N)C(=O)N1CCCC1C(=O)NC(CC(N)=O)C(=O)O. The van der Waals surface area contributed by atoms with Crippen LogP contribution in [-0.4, -0.2) is 88.7 Å². The van der Waals surface area contributed by atoms with Crippen molar-refractivity contribution in [1.29, 1.82) is 0 Å². The molecule has 1 fully saturated rings. The van der Waals surface area contributed by atoms with Crippen LogP contribution in [0.5, 0.6) is 0 Å². The lowest BCUT2D eigenvalue weighted by Crippen LogP contribution is -2.57. The number of likely N-dealkylation sites (tertiary alicyclic amines) is 1. The number of carbonyl (C=O) groups is 6. The summed E-state index contributed by atoms with van der Waals surface area (Å²) >= 11 is 0. The maximum absolute atomic E-state index is 13.3. The molecule has 13 N–H and O–H groups in total. The number of carboxylic acids is 1. The molecule has 0 radical (unpaired) electrons. The van der Waals surface area contributed by atoms with Crippen molar-refractivity contribution in [3.63, 3.8) is 0 Å². The van der Waals surface area contributed by atoms with Crippen LogP contribution in [0, 0.1) is 0 Å². The minimum absolute atomic E-state index is 0.0783. The Balaban J connectivity index is 3.00. The Morgan fingerprint density at radius 2 is 1.60 bits per heavy atom. The zero-order valence-corrected chi connectivity index (χ0v) is 19.1. The first-order valence-electron chi connectivity index (χ1n) is 10.8. The van der Waals surface area contributed by atoms with Gasteiger partial charge in [-0.15, -0.1) is 0 Å². The van der Waals surface area contributed by atoms with Crippen LogP contribution in [-0.2, 0) is 28.8 Å². The summed E-state index contributed by atoms with van der Waals surface area (Å²) in [5.41, 5.74) is 26.3. The third-order valence-electron chi connectivity index (χ3n) is 5.18. The molecule has 4 unspecified atom stereocenters. The van der Waals surface area contributed by atoms with Gasteiger partial charge in [-0.1, -0.05) is 0 Å². The van der Waals surface area contributed by atoms with Crippen LogP contribution < -0.4 is 39.3 Å². The van der Waals surface area contributed by atoms with Crippen LogP contribution in [0.25, 0.3) is 0 Å². The number of nitrogens with one attached hydrogen (secondary N) is 2. The van der Waals surface area contributed by atoms with Crippen molar-refractivity contribution in [3.05, 3.63) is 0 Å². The standard InChI is InChI=1S/C19H33N9O7/c20-9(7-13(21)29)15(31)26-10(3-1-5-25-19(23)24)17(33)28-6-2-4-12(28)16(32)27-11(18(34)35)8-14(22)30/h9-12H,1-8,20H2,(H2,21,29)(H2,22,30)(H,26,31)(H,27,32)(H,34,35)(H4,23,24,25). The molecular weight excluding hydrogens is 466 g/mol. The van der Waals surface area contributed by atoms with E-state index in [0.29, 0.717) is 6.42 Å². The normalized spacial score (nSPS) is 17.5. The Morgan fingerprint density at radius 3 is 2.14 bits per heavy atom. The highest BCUT2D eigenvalue weighted by molar-refractivity contribution is 5.96. The van der Waals surface area contributed by atoms with Crippen molar-refractivity contribution in [2.24, 2.45) is 33.7 Å². The largest absolute Gasteiger partial charge is 0.480 e. The molecule has 1 heterocycles. The summed E-state index contributed by atoms with van der Waals surface area (Å²) in [5, 5.41) is 13.9. The average Bonchev–Trinajstić information content (AvgIpc) is 3.23. The Bertz CT molecular complexity index is 860. The fourth-order valence-electron chi connectivity index (χ4n) is 3.52. The first-order chi connectivity index (χ1) is 16.3. The predicted octanol–water partition coefficient (Wildman–Crippen LogP) is -4.84. The topological polar surface area (TPSA) is 292 Å². The van der Waals surface area contributed by atoms with Gasteiger partial charge in [0.15, 0.2) is 5.96 Å². The third kappa shape index (κ3) is 9.83. The smallest absolute Gasteiger partial charge is 0.326 e. The van der Waals surface area contributed by atoms with Crippen molar-refractivity contribution in [1.82, 2.24) is 15.5 Å². The van der Waals surface area contributed by atoms with Gasteiger partial charge in [0.2, 0.25) is 29.5 Å². The van der Waals surface area contributed by atoms with Gasteiger partial charge in [-0.2, -0.15) is 0 Å². The Labute approximate surface area is 201 Å². The molecule has 5 amide bonds. The maximum atomic E-state index is 13.3. The molecule has 196 valence electrons. The molecule has 0 spiro atoms. The first-order valence-corrected chi connectivity index (χ1v) is 10.8. The fourth-order valence-corrected chi connectivity index (χ4v) is 3.52. The highest BCUT2D eigenvalue weighted by Gasteiger charge is 2.39. The molecule has 0 aromatic heterocycles. The zero-order valence-electron chi connectivity index (χ0n) is 19.1. The molecule has 0 aromatic rings. The van der Waals surface area contributed by atoms with Crippen LogP contribution in [0.2, 0.25) is 0 Å². The molecule has 0 aromatic carbocycles. The number of aliphatic carboxylic acids is 1. The summed E-state index contributed by atoms with van der Waals surface area (Å²) in [6.45, 7) is 0.324. The van der Waals surface area contributed by atoms with E-state index in [1.165, 1.54) is 4.90 Å². The van der Waals surface area contributed by atoms with Gasteiger partial charge in [0, 0.05) is 13.1 Å². The number of carboxylic acid groups (broad SMARTS) is 1. The van der Waals surface area contributed by atoms with Crippen molar-refractivity contribution < 1.29 is 33.9 Å². The van der Waals surface area contributed by atoms with Crippen LogP contribution >= 0.6 is 0 Å². The second-order valence-corrected chi connectivity index (χ2v) is 8.05. The minimum Gasteiger partial charge on any atom is -0.480 e. The molecule has 4 atom stereocenters. The van der Waals surface area contributed by atoms with Crippen LogP contribution in [0.3, 0.4) is 0 Å². The monoisotopic (exact) mass is 499 g/mol. The maximum Gasteiger partial charge on any atom is 0.326 e. The minimum atomic E-state index is -1.56. The van der Waals surface area contributed by atoms with E-state index in [0.717, 1.165) is 0 Å². The lowest BCUT2D eigenvalue weighted by atomic mass is 10.1. The third-order valence-corrected chi connectivity index (χ3v) is 5.18. The van der Waals surface area contributed by atoms with Gasteiger partial charge < -0.3 is 49.3 Å². The van der Waals surface area contributed by atoms with Gasteiger partial charge >= 0.3 is 5.97 Å². The number of amides is 5. The molecule has 35 heavy (non-hydrogen) atoms. The summed E-state index contributed by atoms with van der Waals surface area (Å²) in [6.07, 6.45) is -0.0303. The molecule has 1 aliphatic rings. The van der Waals surface area contributed by atoms with Gasteiger partial charge in [-0.3, -0.25) is 29.0 Å². The molecular formula is C19H33N9O7. The Morgan fingerprint density at radius 1 is 0.971 bits per heavy atom. The zero-order chi connectivity index (χ0) is 26.7. The number of aliphatic imine (C=N–C) groups is 1. The number of nitrogens with two attached hydrogens (primary N) is 5. The van der Waals surface area contributed by atoms with E-state index in [1.54, 1.807) is 0 Å². The second kappa shape index (κ2) is 13.7. The molecule has 1 rings (SSSR count). The number of hydrogen-bond donors (Lipinski definition) is 8. The van der Waals surface area contributed by atoms with E-state index < -0.39 is 72.5 Å². The average molecular weight is 500 g/mol. The molecule has 16 nitrogen and oxygen atoms in total. The predicted molar refractivity (Wildman–Crippen MR) is 122 cm³/mol. The summed E-state index contributed by atoms with van der Waals surface area (Å²) < 4.78 is 0. The van der Waals surface area contributed by atoms with Crippen molar-refractivity contribution in [3.8, 4) is 0 Å². The fraction of sp³-hybridized carbons (Fsp3) is 0.632. The van der Waals surface area contributed by atoms with Crippen molar-refractivity contribution in [2.45, 2.75) is 62.7 Å². The Kier molecular flexibility index (Phi) is 11.4. The molecule has 0 aliphatic carbocycles. The summed E-state index contributed by atoms with van der Waals surface area (Å²) in [7, 11) is 0. The molecule has 1 aliphatic heterocycles. The number of guanidine groups is 1. The van der Waals surface area contributed by atoms with Gasteiger partial charge in [-0.05, 0) is 25.7 Å². The lowest BCUT2D eigenvalue weighted by molar-refractivity contribution is -0.146. The van der Waals surface area contributed by atoms with E-state index in [2.05, 4.69) is 15.6 Å². The number of primary amides is 2. The second-order valence-electron chi connectivity index (χ2n) is 8.05. The van der Waals surface area contributed by atoms with Crippen molar-refractivity contribution in [2.75, 3.05) is 13.1 Å². The number of hydrogen-bond acceptors (Lipinski definition) is 8. The highest BCUT2D eigenvalue weighted by atomic mass is 16.4. The molecule has 0 bridgehead atoms. The van der Waals surface area contributed by atoms with E-state index in [4.69, 9.17) is 28.7 Å². The number of rotatable bonds is 14. The van der Waals surface area contributed by atoms with Crippen molar-refractivity contribution >= 4 is 41.5 Å². The van der Waals surface area contributed by atoms with Crippen LogP contribution in [0.15, 0.2) is 4.99 Å². The van der Waals surface area contributed by atoms with E-state index in [1.807, 2.05) is 0 Å².